The number of nitrogens with one attached hydrogen (secondary N) is 1. The lowest BCUT2D eigenvalue weighted by atomic mass is 9.87. The summed E-state index contributed by atoms with van der Waals surface area (Å²) in [6, 6.07) is 4.19. The Morgan fingerprint density at radius 2 is 1.88 bits per heavy atom. The fourth-order valence-corrected chi connectivity index (χ4v) is 6.95. The highest BCUT2D eigenvalue weighted by Crippen LogP contribution is 2.38. The monoisotopic (exact) mass is 561 g/mol. The lowest BCUT2D eigenvalue weighted by Crippen LogP contribution is -2.42. The van der Waals surface area contributed by atoms with Crippen molar-refractivity contribution < 1.29 is 9.22 Å². The molecule has 1 fully saturated rings. The number of hydrogen-bond acceptors (Lipinski definition) is 7. The number of fused-ring (bicyclic) bond motifs is 2. The van der Waals surface area contributed by atoms with E-state index in [0.717, 1.165) is 62.6 Å². The Balaban J connectivity index is 1.38. The molecular weight excluding hydrogens is 518 g/mol. The van der Waals surface area contributed by atoms with E-state index >= 15 is 0 Å². The van der Waals surface area contributed by atoms with Crippen molar-refractivity contribution in [3.05, 3.63) is 51.1 Å². The van der Waals surface area contributed by atoms with Crippen LogP contribution in [0.25, 0.3) is 11.0 Å². The SMILES string of the molecule is CC(=O)c1c(C)c2cnc(Nc3ccc4c(n3)CC[C@H](CO[Si](C)(C)C(C)(C)C)C4)nc2n(C2CCCC2)c1=O. The standard InChI is InChI=1S/C31H43N5O3Si/c1-19-24-17-32-30(35-28(24)36(23-10-8-9-11-23)29(38)27(19)20(2)37)34-26-15-13-22-16-21(12-14-25(22)33-26)18-39-40(6,7)31(3,4)5/h13,15,17,21,23H,8-12,14,16,18H2,1-7H3,(H,32,33,34,35)/t21-/m0/s1. The maximum absolute atomic E-state index is 13.5. The first-order valence-corrected chi connectivity index (χ1v) is 17.6. The van der Waals surface area contributed by atoms with Gasteiger partial charge in [0.1, 0.15) is 11.5 Å². The van der Waals surface area contributed by atoms with Crippen molar-refractivity contribution >= 4 is 36.9 Å². The van der Waals surface area contributed by atoms with Crippen LogP contribution in [0.5, 0.6) is 0 Å². The summed E-state index contributed by atoms with van der Waals surface area (Å²) in [5.74, 6) is 1.39. The zero-order valence-corrected chi connectivity index (χ0v) is 26.1. The average Bonchev–Trinajstić information content (AvgIpc) is 3.41. The lowest BCUT2D eigenvalue weighted by molar-refractivity contribution is 0.101. The molecule has 0 radical (unpaired) electrons. The highest BCUT2D eigenvalue weighted by molar-refractivity contribution is 6.74. The van der Waals surface area contributed by atoms with Gasteiger partial charge in [0.05, 0.1) is 5.56 Å². The van der Waals surface area contributed by atoms with E-state index in [1.54, 1.807) is 10.8 Å². The molecule has 5 rings (SSSR count). The summed E-state index contributed by atoms with van der Waals surface area (Å²) in [6.07, 6.45) is 8.66. The van der Waals surface area contributed by atoms with Gasteiger partial charge in [0.2, 0.25) is 5.95 Å². The number of pyridine rings is 2. The summed E-state index contributed by atoms with van der Waals surface area (Å²) < 4.78 is 8.26. The van der Waals surface area contributed by atoms with E-state index in [1.807, 2.05) is 13.0 Å². The van der Waals surface area contributed by atoms with Gasteiger partial charge in [-0.1, -0.05) is 39.7 Å². The van der Waals surface area contributed by atoms with E-state index < -0.39 is 8.32 Å². The van der Waals surface area contributed by atoms with Crippen molar-refractivity contribution in [3.63, 3.8) is 0 Å². The molecule has 9 heteroatoms. The van der Waals surface area contributed by atoms with Gasteiger partial charge < -0.3 is 9.74 Å². The Kier molecular flexibility index (Phi) is 7.74. The van der Waals surface area contributed by atoms with Gasteiger partial charge in [-0.2, -0.15) is 4.98 Å². The number of nitrogens with zero attached hydrogens (tertiary/aromatic N) is 4. The number of aryl methyl sites for hydroxylation is 2. The number of rotatable bonds is 7. The number of carbonyl (C=O) groups is 1. The van der Waals surface area contributed by atoms with Gasteiger partial charge in [0.25, 0.3) is 5.56 Å². The van der Waals surface area contributed by atoms with Gasteiger partial charge in [-0.25, -0.2) is 9.97 Å². The minimum atomic E-state index is -1.76. The normalized spacial score (nSPS) is 18.2. The van der Waals surface area contributed by atoms with Crippen LogP contribution in [0, 0.1) is 12.8 Å². The summed E-state index contributed by atoms with van der Waals surface area (Å²) in [4.78, 5) is 40.1. The summed E-state index contributed by atoms with van der Waals surface area (Å²) in [5, 5.41) is 4.24. The first-order chi connectivity index (χ1) is 18.9. The number of aromatic nitrogens is 4. The van der Waals surface area contributed by atoms with E-state index in [0.29, 0.717) is 28.9 Å². The first-order valence-electron chi connectivity index (χ1n) is 14.7. The van der Waals surface area contributed by atoms with Crippen LogP contribution in [-0.2, 0) is 17.3 Å². The number of carbonyl (C=O) groups excluding carboxylic acids is 1. The smallest absolute Gasteiger partial charge is 0.263 e. The first kappa shape index (κ1) is 28.6. The minimum Gasteiger partial charge on any atom is -0.417 e. The predicted octanol–water partition coefficient (Wildman–Crippen LogP) is 6.68. The van der Waals surface area contributed by atoms with E-state index in [9.17, 15) is 9.59 Å². The predicted molar refractivity (Wildman–Crippen MR) is 162 cm³/mol. The molecular formula is C31H43N5O3Si. The van der Waals surface area contributed by atoms with E-state index in [4.69, 9.17) is 14.4 Å². The van der Waals surface area contributed by atoms with E-state index in [2.05, 4.69) is 50.2 Å². The third-order valence-electron chi connectivity index (χ3n) is 9.34. The molecule has 3 heterocycles. The summed E-state index contributed by atoms with van der Waals surface area (Å²) >= 11 is 0. The minimum absolute atomic E-state index is 0.0480. The van der Waals surface area contributed by atoms with Crippen molar-refractivity contribution in [1.82, 2.24) is 19.5 Å². The Morgan fingerprint density at radius 3 is 2.55 bits per heavy atom. The second-order valence-electron chi connectivity index (χ2n) is 13.2. The number of Topliss-reactive ketones (excluding diaryl/α,β-unsaturated/α-hetero) is 1. The van der Waals surface area contributed by atoms with E-state index in [1.165, 1.54) is 12.5 Å². The maximum Gasteiger partial charge on any atom is 0.263 e. The van der Waals surface area contributed by atoms with Gasteiger partial charge in [0.15, 0.2) is 14.1 Å². The molecule has 214 valence electrons. The van der Waals surface area contributed by atoms with Gasteiger partial charge in [-0.15, -0.1) is 0 Å². The second-order valence-corrected chi connectivity index (χ2v) is 18.0. The van der Waals surface area contributed by atoms with Crippen LogP contribution in [0.4, 0.5) is 11.8 Å². The van der Waals surface area contributed by atoms with Crippen molar-refractivity contribution in [3.8, 4) is 0 Å². The Labute approximate surface area is 238 Å². The van der Waals surface area contributed by atoms with Crippen LogP contribution in [0.1, 0.15) is 93.0 Å². The van der Waals surface area contributed by atoms with Gasteiger partial charge in [0, 0.05) is 29.9 Å². The van der Waals surface area contributed by atoms with Crippen LogP contribution in [0.15, 0.2) is 23.1 Å². The lowest BCUT2D eigenvalue weighted by Gasteiger charge is -2.38. The third kappa shape index (κ3) is 5.50. The van der Waals surface area contributed by atoms with Crippen molar-refractivity contribution in [2.24, 2.45) is 5.92 Å². The van der Waals surface area contributed by atoms with Crippen molar-refractivity contribution in [2.45, 2.75) is 104 Å². The molecule has 0 bridgehead atoms. The molecule has 0 unspecified atom stereocenters. The Bertz CT molecular complexity index is 1500. The summed E-state index contributed by atoms with van der Waals surface area (Å²) in [6.45, 7) is 15.6. The van der Waals surface area contributed by atoms with Gasteiger partial charge >= 0.3 is 0 Å². The number of hydrogen-bond donors (Lipinski definition) is 1. The summed E-state index contributed by atoms with van der Waals surface area (Å²) in [5.41, 5.74) is 3.62. The fraction of sp³-hybridized carbons (Fsp3) is 0.581. The Hall–Kier alpha value is -2.91. The molecule has 0 aliphatic heterocycles. The maximum atomic E-state index is 13.5. The van der Waals surface area contributed by atoms with Gasteiger partial charge in [-0.05, 0) is 87.2 Å². The van der Waals surface area contributed by atoms with E-state index in [-0.39, 0.29) is 28.0 Å². The number of ketones is 1. The highest BCUT2D eigenvalue weighted by Gasteiger charge is 2.38. The van der Waals surface area contributed by atoms with Crippen LogP contribution in [0.2, 0.25) is 18.1 Å². The van der Waals surface area contributed by atoms with Crippen LogP contribution < -0.4 is 10.9 Å². The third-order valence-corrected chi connectivity index (χ3v) is 13.8. The number of anilines is 2. The molecule has 1 N–H and O–H groups in total. The molecule has 8 nitrogen and oxygen atoms in total. The molecule has 1 saturated carbocycles. The highest BCUT2D eigenvalue weighted by atomic mass is 28.4. The molecule has 0 spiro atoms. The molecule has 3 aromatic rings. The molecule has 0 aromatic carbocycles. The molecule has 2 aliphatic carbocycles. The zero-order valence-electron chi connectivity index (χ0n) is 25.1. The quantitative estimate of drug-likeness (QED) is 0.254. The molecule has 3 aromatic heterocycles. The summed E-state index contributed by atoms with van der Waals surface area (Å²) in [7, 11) is -1.76. The topological polar surface area (TPSA) is 99.0 Å². The molecule has 1 atom stereocenters. The van der Waals surface area contributed by atoms with Crippen LogP contribution >= 0.6 is 0 Å². The van der Waals surface area contributed by atoms with Crippen molar-refractivity contribution in [2.75, 3.05) is 11.9 Å². The molecule has 0 saturated heterocycles. The second kappa shape index (κ2) is 10.8. The molecule has 40 heavy (non-hydrogen) atoms. The van der Waals surface area contributed by atoms with Crippen LogP contribution in [-0.4, -0.2) is 40.2 Å². The largest absolute Gasteiger partial charge is 0.417 e. The Morgan fingerprint density at radius 1 is 1.15 bits per heavy atom. The molecule has 0 amide bonds. The fourth-order valence-electron chi connectivity index (χ4n) is 5.86. The van der Waals surface area contributed by atoms with Crippen LogP contribution in [0.3, 0.4) is 0 Å². The van der Waals surface area contributed by atoms with Gasteiger partial charge in [-0.3, -0.25) is 14.2 Å². The zero-order chi connectivity index (χ0) is 28.8. The average molecular weight is 562 g/mol. The molecule has 2 aliphatic rings. The van der Waals surface area contributed by atoms with Crippen molar-refractivity contribution in [1.29, 1.82) is 0 Å².